The lowest BCUT2D eigenvalue weighted by Gasteiger charge is -2.13. The molecule has 0 atom stereocenters. The summed E-state index contributed by atoms with van der Waals surface area (Å²) in [5.41, 5.74) is 4.45. The molecular formula is C11H20N4O5S. The highest BCUT2D eigenvalue weighted by molar-refractivity contribution is 7.91. The van der Waals surface area contributed by atoms with Gasteiger partial charge in [-0.2, -0.15) is 0 Å². The predicted molar refractivity (Wildman–Crippen MR) is 80.4 cm³/mol. The van der Waals surface area contributed by atoms with Crippen molar-refractivity contribution in [1.82, 2.24) is 9.55 Å². The number of aromatic nitrogens is 2. The Balaban J connectivity index is 2.97. The molecule has 1 rings (SSSR count). The average molecular weight is 320 g/mol. The molecular weight excluding hydrogens is 300 g/mol. The van der Waals surface area contributed by atoms with E-state index in [-0.39, 0.29) is 42.7 Å². The number of nitrogens with zero attached hydrogens (tertiary/aromatic N) is 1. The molecule has 0 aliphatic carbocycles. The van der Waals surface area contributed by atoms with Gasteiger partial charge in [0.2, 0.25) is 0 Å². The van der Waals surface area contributed by atoms with Gasteiger partial charge in [-0.3, -0.25) is 14.3 Å². The summed E-state index contributed by atoms with van der Waals surface area (Å²) in [5, 5.41) is 2.67. The third kappa shape index (κ3) is 4.60. The first-order chi connectivity index (χ1) is 9.82. The molecule has 120 valence electrons. The number of nitrogens with one attached hydrogen (secondary N) is 2. The second kappa shape index (κ2) is 7.27. The van der Waals surface area contributed by atoms with Crippen molar-refractivity contribution in [2.45, 2.75) is 13.5 Å². The number of nitrogens with two attached hydrogens (primary N) is 1. The van der Waals surface area contributed by atoms with Crippen LogP contribution in [0.2, 0.25) is 0 Å². The molecule has 0 aromatic carbocycles. The highest BCUT2D eigenvalue weighted by Gasteiger charge is 2.13. The number of sulfone groups is 1. The fraction of sp³-hybridized carbons (Fsp3) is 0.636. The molecule has 0 spiro atoms. The van der Waals surface area contributed by atoms with Gasteiger partial charge >= 0.3 is 5.69 Å². The predicted octanol–water partition coefficient (Wildman–Crippen LogP) is -1.39. The molecule has 0 radical (unpaired) electrons. The van der Waals surface area contributed by atoms with Gasteiger partial charge in [-0.15, -0.1) is 0 Å². The molecule has 1 heterocycles. The van der Waals surface area contributed by atoms with Gasteiger partial charge in [0, 0.05) is 19.4 Å². The number of methoxy groups -OCH3 is 1. The molecule has 0 aliphatic heterocycles. The van der Waals surface area contributed by atoms with Crippen LogP contribution in [0, 0.1) is 0 Å². The molecule has 9 nitrogen and oxygen atoms in total. The van der Waals surface area contributed by atoms with Gasteiger partial charge in [0.1, 0.15) is 11.5 Å². The number of ether oxygens (including phenoxy) is 1. The zero-order chi connectivity index (χ0) is 16.0. The zero-order valence-corrected chi connectivity index (χ0v) is 12.8. The number of aromatic amines is 1. The van der Waals surface area contributed by atoms with Crippen LogP contribution >= 0.6 is 0 Å². The molecule has 0 amide bonds. The van der Waals surface area contributed by atoms with E-state index in [0.717, 1.165) is 4.57 Å². The number of hydrogen-bond acceptors (Lipinski definition) is 7. The summed E-state index contributed by atoms with van der Waals surface area (Å²) in [5.74, 6) is -0.150. The summed E-state index contributed by atoms with van der Waals surface area (Å²) in [6.07, 6.45) is 0. The fourth-order valence-corrected chi connectivity index (χ4v) is 2.34. The molecule has 0 bridgehead atoms. The van der Waals surface area contributed by atoms with E-state index in [1.54, 1.807) is 6.92 Å². The third-order valence-corrected chi connectivity index (χ3v) is 4.62. The van der Waals surface area contributed by atoms with Crippen molar-refractivity contribution < 1.29 is 13.2 Å². The Morgan fingerprint density at radius 2 is 2.05 bits per heavy atom. The standard InChI is InChI=1S/C11H20N4O5S/c1-3-21(18,19)7-4-13-8-9(12)15(5-6-20-2)11(17)14-10(8)16/h13H,3-7,12H2,1-2H3,(H,14,16,17). The van der Waals surface area contributed by atoms with Crippen LogP contribution in [0.25, 0.3) is 0 Å². The van der Waals surface area contributed by atoms with Gasteiger partial charge in [-0.05, 0) is 0 Å². The SMILES string of the molecule is CCS(=O)(=O)CCNc1c(N)n(CCOC)c(=O)[nH]c1=O. The molecule has 21 heavy (non-hydrogen) atoms. The monoisotopic (exact) mass is 320 g/mol. The molecule has 0 unspecified atom stereocenters. The summed E-state index contributed by atoms with van der Waals surface area (Å²) >= 11 is 0. The lowest BCUT2D eigenvalue weighted by molar-refractivity contribution is 0.186. The van der Waals surface area contributed by atoms with Crippen LogP contribution in [0.4, 0.5) is 11.5 Å². The number of anilines is 2. The lowest BCUT2D eigenvalue weighted by atomic mass is 10.4. The second-order valence-electron chi connectivity index (χ2n) is 4.33. The van der Waals surface area contributed by atoms with Gasteiger partial charge in [0.25, 0.3) is 5.56 Å². The minimum absolute atomic E-state index is 0.0167. The van der Waals surface area contributed by atoms with Gasteiger partial charge in [-0.1, -0.05) is 6.92 Å². The highest BCUT2D eigenvalue weighted by Crippen LogP contribution is 2.09. The largest absolute Gasteiger partial charge is 0.383 e. The maximum absolute atomic E-state index is 11.7. The summed E-state index contributed by atoms with van der Waals surface area (Å²) in [4.78, 5) is 25.5. The van der Waals surface area contributed by atoms with E-state index in [2.05, 4.69) is 10.3 Å². The molecule has 0 fully saturated rings. The topological polar surface area (TPSA) is 136 Å². The molecule has 0 saturated heterocycles. The average Bonchev–Trinajstić information content (AvgIpc) is 2.42. The molecule has 10 heteroatoms. The maximum Gasteiger partial charge on any atom is 0.330 e. The Morgan fingerprint density at radius 1 is 1.38 bits per heavy atom. The van der Waals surface area contributed by atoms with Crippen molar-refractivity contribution in [3.05, 3.63) is 20.8 Å². The Labute approximate surface area is 122 Å². The second-order valence-corrected chi connectivity index (χ2v) is 6.80. The molecule has 0 saturated carbocycles. The van der Waals surface area contributed by atoms with E-state index in [1.807, 2.05) is 0 Å². The Morgan fingerprint density at radius 3 is 2.62 bits per heavy atom. The number of hydrogen-bond donors (Lipinski definition) is 3. The van der Waals surface area contributed by atoms with Crippen LogP contribution in [0.5, 0.6) is 0 Å². The normalized spacial score (nSPS) is 11.5. The highest BCUT2D eigenvalue weighted by atomic mass is 32.2. The van der Waals surface area contributed by atoms with Crippen LogP contribution in [0.15, 0.2) is 9.59 Å². The minimum atomic E-state index is -3.15. The summed E-state index contributed by atoms with van der Waals surface area (Å²) in [6, 6.07) is 0. The molecule has 4 N–H and O–H groups in total. The van der Waals surface area contributed by atoms with Gasteiger partial charge in [0.15, 0.2) is 9.84 Å². The van der Waals surface area contributed by atoms with E-state index in [1.165, 1.54) is 7.11 Å². The van der Waals surface area contributed by atoms with Crippen molar-refractivity contribution in [3.8, 4) is 0 Å². The number of rotatable bonds is 8. The Bertz CT molecular complexity index is 692. The number of H-pyrrole nitrogens is 1. The van der Waals surface area contributed by atoms with Crippen molar-refractivity contribution in [3.63, 3.8) is 0 Å². The maximum atomic E-state index is 11.7. The third-order valence-electron chi connectivity index (χ3n) is 2.91. The van der Waals surface area contributed by atoms with Crippen LogP contribution in [0.3, 0.4) is 0 Å². The van der Waals surface area contributed by atoms with Crippen molar-refractivity contribution in [1.29, 1.82) is 0 Å². The van der Waals surface area contributed by atoms with Crippen molar-refractivity contribution >= 4 is 21.3 Å². The number of nitrogen functional groups attached to an aromatic ring is 1. The van der Waals surface area contributed by atoms with Gasteiger partial charge in [0.05, 0.1) is 18.9 Å². The van der Waals surface area contributed by atoms with E-state index in [4.69, 9.17) is 10.5 Å². The quantitative estimate of drug-likeness (QED) is 0.536. The van der Waals surface area contributed by atoms with Crippen LogP contribution in [0.1, 0.15) is 6.92 Å². The van der Waals surface area contributed by atoms with E-state index < -0.39 is 21.1 Å². The van der Waals surface area contributed by atoms with Crippen LogP contribution < -0.4 is 22.3 Å². The van der Waals surface area contributed by atoms with Crippen molar-refractivity contribution in [2.24, 2.45) is 0 Å². The Hall–Kier alpha value is -1.81. The fourth-order valence-electron chi connectivity index (χ4n) is 1.64. The first-order valence-electron chi connectivity index (χ1n) is 6.38. The zero-order valence-electron chi connectivity index (χ0n) is 12.0. The van der Waals surface area contributed by atoms with Crippen LogP contribution in [-0.2, 0) is 21.1 Å². The van der Waals surface area contributed by atoms with Gasteiger partial charge in [-0.25, -0.2) is 13.2 Å². The smallest absolute Gasteiger partial charge is 0.330 e. The summed E-state index contributed by atoms with van der Waals surface area (Å²) < 4.78 is 28.8. The van der Waals surface area contributed by atoms with E-state index in [9.17, 15) is 18.0 Å². The van der Waals surface area contributed by atoms with E-state index >= 15 is 0 Å². The van der Waals surface area contributed by atoms with Crippen molar-refractivity contribution in [2.75, 3.05) is 42.8 Å². The lowest BCUT2D eigenvalue weighted by Crippen LogP contribution is -2.35. The molecule has 0 aliphatic rings. The Kier molecular flexibility index (Phi) is 5.97. The molecule has 1 aromatic heterocycles. The first kappa shape index (κ1) is 17.2. The van der Waals surface area contributed by atoms with E-state index in [0.29, 0.717) is 0 Å². The van der Waals surface area contributed by atoms with Crippen LogP contribution in [-0.4, -0.2) is 49.7 Å². The van der Waals surface area contributed by atoms with Gasteiger partial charge < -0.3 is 15.8 Å². The molecule has 1 aromatic rings. The summed E-state index contributed by atoms with van der Waals surface area (Å²) in [7, 11) is -1.68. The first-order valence-corrected chi connectivity index (χ1v) is 8.20. The minimum Gasteiger partial charge on any atom is -0.383 e. The summed E-state index contributed by atoms with van der Waals surface area (Å²) in [6.45, 7) is 2.01.